The molecular formula is C19H15Cl2FN6OS. The molecule has 30 heavy (non-hydrogen) atoms. The van der Waals surface area contributed by atoms with E-state index >= 15 is 0 Å². The number of benzene rings is 1. The average molecular weight is 465 g/mol. The number of carbonyl (C=O) groups excluding carboxylic acids is 1. The fourth-order valence-corrected chi connectivity index (χ4v) is 4.66. The second-order valence-corrected chi connectivity index (χ2v) is 8.77. The number of hydrogen-bond donors (Lipinski definition) is 1. The van der Waals surface area contributed by atoms with Gasteiger partial charge in [0, 0.05) is 13.0 Å². The molecule has 1 unspecified atom stereocenters. The van der Waals surface area contributed by atoms with Crippen molar-refractivity contribution in [2.24, 2.45) is 10.1 Å². The first-order chi connectivity index (χ1) is 14.5. The molecule has 0 radical (unpaired) electrons. The van der Waals surface area contributed by atoms with Gasteiger partial charge in [0.05, 0.1) is 32.5 Å². The number of amides is 1. The van der Waals surface area contributed by atoms with Crippen LogP contribution in [-0.4, -0.2) is 46.6 Å². The van der Waals surface area contributed by atoms with Crippen molar-refractivity contribution in [2.75, 3.05) is 13.1 Å². The Kier molecular flexibility index (Phi) is 5.90. The molecule has 0 saturated carbocycles. The average Bonchev–Trinajstić information content (AvgIpc) is 3.43. The Morgan fingerprint density at radius 3 is 2.83 bits per heavy atom. The van der Waals surface area contributed by atoms with Crippen molar-refractivity contribution in [1.29, 1.82) is 5.26 Å². The summed E-state index contributed by atoms with van der Waals surface area (Å²) in [6.07, 6.45) is 3.14. The number of aliphatic imine (C=N–C) groups is 1. The molecule has 1 aromatic heterocycles. The largest absolute Gasteiger partial charge is 0.332 e. The Morgan fingerprint density at radius 1 is 1.37 bits per heavy atom. The van der Waals surface area contributed by atoms with Gasteiger partial charge in [0.15, 0.2) is 6.19 Å². The summed E-state index contributed by atoms with van der Waals surface area (Å²) < 4.78 is 14.1. The van der Waals surface area contributed by atoms with Gasteiger partial charge in [-0.15, -0.1) is 11.3 Å². The summed E-state index contributed by atoms with van der Waals surface area (Å²) >= 11 is 13.3. The maximum absolute atomic E-state index is 13.5. The van der Waals surface area contributed by atoms with E-state index in [1.165, 1.54) is 34.5 Å². The highest BCUT2D eigenvalue weighted by Crippen LogP contribution is 2.30. The molecule has 1 N–H and O–H groups in total. The van der Waals surface area contributed by atoms with Crippen LogP contribution in [0.5, 0.6) is 0 Å². The molecule has 2 aliphatic rings. The van der Waals surface area contributed by atoms with Gasteiger partial charge in [0.1, 0.15) is 11.5 Å². The fourth-order valence-electron chi connectivity index (χ4n) is 3.41. The van der Waals surface area contributed by atoms with Crippen LogP contribution >= 0.6 is 34.5 Å². The number of guanidine groups is 1. The molecule has 11 heteroatoms. The minimum absolute atomic E-state index is 0.0641. The van der Waals surface area contributed by atoms with Crippen LogP contribution in [0.3, 0.4) is 0 Å². The molecule has 154 valence electrons. The number of hydrogen-bond acceptors (Lipinski definition) is 5. The lowest BCUT2D eigenvalue weighted by Gasteiger charge is -2.25. The highest BCUT2D eigenvalue weighted by atomic mass is 35.5. The van der Waals surface area contributed by atoms with Crippen LogP contribution in [0.4, 0.5) is 10.1 Å². The minimum Gasteiger partial charge on any atom is -0.332 e. The van der Waals surface area contributed by atoms with Gasteiger partial charge in [0.25, 0.3) is 0 Å². The SMILES string of the molecule is N#CNC(=Nc1ccc(F)c(Cl)c1)N1CC(N2CCCC2=O)C(c2ccc(Cl)s2)=N1. The number of nitriles is 1. The molecule has 3 heterocycles. The molecule has 1 fully saturated rings. The molecule has 7 nitrogen and oxygen atoms in total. The number of likely N-dealkylation sites (tertiary alicyclic amines) is 1. The smallest absolute Gasteiger partial charge is 0.233 e. The number of nitrogens with zero attached hydrogens (tertiary/aromatic N) is 5. The Balaban J connectivity index is 1.71. The standard InChI is InChI=1S/C19H15Cl2FN6OS/c20-12-8-11(3-4-13(12)22)25-19(24-10-23)28-9-14(27-7-1-2-17(27)29)18(26-28)15-5-6-16(21)30-15/h3-6,8,14H,1-2,7,9H2,(H,24,25). The molecular weight excluding hydrogens is 450 g/mol. The summed E-state index contributed by atoms with van der Waals surface area (Å²) in [6.45, 7) is 0.959. The zero-order valence-electron chi connectivity index (χ0n) is 15.5. The van der Waals surface area contributed by atoms with Crippen molar-refractivity contribution in [3.05, 3.63) is 50.4 Å². The van der Waals surface area contributed by atoms with Gasteiger partial charge in [-0.2, -0.15) is 10.4 Å². The molecule has 4 rings (SSSR count). The van der Waals surface area contributed by atoms with E-state index in [1.54, 1.807) is 11.0 Å². The summed E-state index contributed by atoms with van der Waals surface area (Å²) in [4.78, 5) is 19.4. The topological polar surface area (TPSA) is 84.1 Å². The third kappa shape index (κ3) is 4.12. The van der Waals surface area contributed by atoms with Crippen LogP contribution in [0.2, 0.25) is 9.36 Å². The van der Waals surface area contributed by atoms with Crippen LogP contribution in [0.25, 0.3) is 0 Å². The number of halogens is 3. The van der Waals surface area contributed by atoms with Gasteiger partial charge in [-0.05, 0) is 36.8 Å². The van der Waals surface area contributed by atoms with E-state index in [9.17, 15) is 14.4 Å². The lowest BCUT2D eigenvalue weighted by Crippen LogP contribution is -2.45. The van der Waals surface area contributed by atoms with Crippen LogP contribution in [-0.2, 0) is 4.79 Å². The number of rotatable bonds is 3. The van der Waals surface area contributed by atoms with E-state index in [2.05, 4.69) is 15.4 Å². The molecule has 2 aliphatic heterocycles. The number of carbonyl (C=O) groups is 1. The lowest BCUT2D eigenvalue weighted by molar-refractivity contribution is -0.128. The van der Waals surface area contributed by atoms with E-state index in [0.717, 1.165) is 11.3 Å². The second-order valence-electron chi connectivity index (χ2n) is 6.65. The summed E-state index contributed by atoms with van der Waals surface area (Å²) in [5.41, 5.74) is 1.04. The predicted molar refractivity (Wildman–Crippen MR) is 115 cm³/mol. The molecule has 1 aromatic carbocycles. The monoisotopic (exact) mass is 464 g/mol. The van der Waals surface area contributed by atoms with E-state index in [0.29, 0.717) is 35.2 Å². The maximum Gasteiger partial charge on any atom is 0.233 e. The van der Waals surface area contributed by atoms with Crippen LogP contribution in [0.1, 0.15) is 17.7 Å². The number of thiophene rings is 1. The lowest BCUT2D eigenvalue weighted by atomic mass is 10.1. The van der Waals surface area contributed by atoms with Crippen LogP contribution in [0, 0.1) is 17.3 Å². The first kappa shape index (κ1) is 20.6. The predicted octanol–water partition coefficient (Wildman–Crippen LogP) is 3.96. The summed E-state index contributed by atoms with van der Waals surface area (Å²) in [5, 5.41) is 17.8. The highest BCUT2D eigenvalue weighted by molar-refractivity contribution is 7.18. The van der Waals surface area contributed by atoms with Crippen molar-refractivity contribution >= 4 is 57.8 Å². The van der Waals surface area contributed by atoms with Crippen LogP contribution < -0.4 is 5.32 Å². The molecule has 0 spiro atoms. The van der Waals surface area contributed by atoms with E-state index in [1.807, 2.05) is 12.3 Å². The van der Waals surface area contributed by atoms with Gasteiger partial charge >= 0.3 is 0 Å². The third-order valence-electron chi connectivity index (χ3n) is 4.75. The van der Waals surface area contributed by atoms with Gasteiger partial charge in [-0.25, -0.2) is 14.4 Å². The fraction of sp³-hybridized carbons (Fsp3) is 0.263. The van der Waals surface area contributed by atoms with Crippen molar-refractivity contribution in [3.63, 3.8) is 0 Å². The van der Waals surface area contributed by atoms with Crippen LogP contribution in [0.15, 0.2) is 40.4 Å². The van der Waals surface area contributed by atoms with Crippen molar-refractivity contribution in [1.82, 2.24) is 15.2 Å². The second kappa shape index (κ2) is 8.60. The Bertz CT molecular complexity index is 1090. The number of nitrogens with one attached hydrogen (secondary N) is 1. The molecule has 1 amide bonds. The van der Waals surface area contributed by atoms with Crippen molar-refractivity contribution in [3.8, 4) is 6.19 Å². The highest BCUT2D eigenvalue weighted by Gasteiger charge is 2.39. The first-order valence-corrected chi connectivity index (χ1v) is 10.6. The van der Waals surface area contributed by atoms with Crippen molar-refractivity contribution < 1.29 is 9.18 Å². The molecule has 0 aliphatic carbocycles. The molecule has 2 aromatic rings. The van der Waals surface area contributed by atoms with Gasteiger partial charge in [-0.3, -0.25) is 10.1 Å². The first-order valence-electron chi connectivity index (χ1n) is 9.06. The Labute approximate surface area is 186 Å². The minimum atomic E-state index is -0.561. The zero-order chi connectivity index (χ0) is 21.3. The van der Waals surface area contributed by atoms with E-state index < -0.39 is 5.82 Å². The van der Waals surface area contributed by atoms with Gasteiger partial charge in [-0.1, -0.05) is 23.2 Å². The molecule has 0 bridgehead atoms. The summed E-state index contributed by atoms with van der Waals surface area (Å²) in [7, 11) is 0. The summed E-state index contributed by atoms with van der Waals surface area (Å²) in [6, 6.07) is 7.34. The zero-order valence-corrected chi connectivity index (χ0v) is 17.8. The Morgan fingerprint density at radius 2 is 2.20 bits per heavy atom. The van der Waals surface area contributed by atoms with Gasteiger partial charge in [0.2, 0.25) is 11.9 Å². The third-order valence-corrected chi connectivity index (χ3v) is 6.30. The maximum atomic E-state index is 13.5. The summed E-state index contributed by atoms with van der Waals surface area (Å²) in [5.74, 6) is -0.349. The van der Waals surface area contributed by atoms with Crippen molar-refractivity contribution in [2.45, 2.75) is 18.9 Å². The quantitative estimate of drug-likeness (QED) is 0.322. The van der Waals surface area contributed by atoms with E-state index in [-0.39, 0.29) is 22.9 Å². The van der Waals surface area contributed by atoms with E-state index in [4.69, 9.17) is 23.2 Å². The molecule has 1 saturated heterocycles. The normalized spacial score (nSPS) is 19.3. The Hall–Kier alpha value is -2.67. The molecule has 1 atom stereocenters. The van der Waals surface area contributed by atoms with Gasteiger partial charge < -0.3 is 4.90 Å². The number of hydrazone groups is 1.